The van der Waals surface area contributed by atoms with Crippen LogP contribution in [0.3, 0.4) is 0 Å². The normalized spacial score (nSPS) is 15.2. The fourth-order valence-corrected chi connectivity index (χ4v) is 3.05. The topological polar surface area (TPSA) is 82.8 Å². The van der Waals surface area contributed by atoms with Crippen molar-refractivity contribution in [1.29, 1.82) is 0 Å². The van der Waals surface area contributed by atoms with Crippen LogP contribution in [0.25, 0.3) is 0 Å². The first-order valence-electron chi connectivity index (χ1n) is 8.94. The Bertz CT molecular complexity index is 954. The molecule has 0 radical (unpaired) electrons. The number of hydrogen-bond donors (Lipinski definition) is 1. The van der Waals surface area contributed by atoms with E-state index < -0.39 is 0 Å². The van der Waals surface area contributed by atoms with E-state index in [1.807, 2.05) is 48.5 Å². The van der Waals surface area contributed by atoms with Crippen LogP contribution in [-0.2, 0) is 13.0 Å². The maximum Gasteiger partial charge on any atom is 0.273 e. The Balaban J connectivity index is 1.35. The first-order valence-corrected chi connectivity index (χ1v) is 8.94. The van der Waals surface area contributed by atoms with Gasteiger partial charge in [-0.25, -0.2) is 4.98 Å². The molecule has 7 heteroatoms. The first kappa shape index (κ1) is 17.9. The molecule has 1 atom stereocenters. The Morgan fingerprint density at radius 2 is 2.07 bits per heavy atom. The highest BCUT2D eigenvalue weighted by Crippen LogP contribution is 2.34. The number of rotatable bonds is 6. The van der Waals surface area contributed by atoms with Crippen molar-refractivity contribution in [2.75, 3.05) is 13.7 Å². The summed E-state index contributed by atoms with van der Waals surface area (Å²) in [7, 11) is 1.61. The fourth-order valence-electron chi connectivity index (χ4n) is 3.05. The molecule has 4 rings (SSSR count). The van der Waals surface area contributed by atoms with Crippen molar-refractivity contribution in [2.24, 2.45) is 0 Å². The molecule has 28 heavy (non-hydrogen) atoms. The zero-order valence-electron chi connectivity index (χ0n) is 15.4. The van der Waals surface area contributed by atoms with Crippen LogP contribution in [0.1, 0.15) is 21.9 Å². The van der Waals surface area contributed by atoms with E-state index in [2.05, 4.69) is 10.3 Å². The van der Waals surface area contributed by atoms with Crippen LogP contribution in [0, 0.1) is 0 Å². The van der Waals surface area contributed by atoms with Gasteiger partial charge in [0.25, 0.3) is 5.91 Å². The third-order valence-corrected chi connectivity index (χ3v) is 4.40. The van der Waals surface area contributed by atoms with Crippen LogP contribution in [0.2, 0.25) is 0 Å². The Kier molecular flexibility index (Phi) is 5.14. The number of amides is 1. The van der Waals surface area contributed by atoms with Gasteiger partial charge in [-0.1, -0.05) is 30.3 Å². The number of ether oxygens (including phenoxy) is 3. The van der Waals surface area contributed by atoms with Crippen molar-refractivity contribution in [3.63, 3.8) is 0 Å². The van der Waals surface area contributed by atoms with E-state index >= 15 is 0 Å². The summed E-state index contributed by atoms with van der Waals surface area (Å²) in [5.41, 5.74) is 1.20. The van der Waals surface area contributed by atoms with Crippen molar-refractivity contribution in [1.82, 2.24) is 10.3 Å². The summed E-state index contributed by atoms with van der Waals surface area (Å²) in [6, 6.07) is 14.9. The number of benzene rings is 2. The van der Waals surface area contributed by atoms with E-state index in [1.165, 1.54) is 6.26 Å². The fraction of sp³-hybridized carbons (Fsp3) is 0.238. The zero-order valence-corrected chi connectivity index (χ0v) is 15.4. The van der Waals surface area contributed by atoms with Gasteiger partial charge in [0.15, 0.2) is 23.8 Å². The Morgan fingerprint density at radius 3 is 2.89 bits per heavy atom. The van der Waals surface area contributed by atoms with E-state index in [-0.39, 0.29) is 24.2 Å². The van der Waals surface area contributed by atoms with E-state index in [4.69, 9.17) is 18.6 Å². The van der Waals surface area contributed by atoms with Crippen molar-refractivity contribution in [3.8, 4) is 17.2 Å². The Morgan fingerprint density at radius 1 is 1.21 bits per heavy atom. The third kappa shape index (κ3) is 3.93. The molecule has 1 amide bonds. The molecule has 0 unspecified atom stereocenters. The average Bonchev–Trinajstić information content (AvgIpc) is 3.21. The molecular formula is C21H20N2O5. The second-order valence-electron chi connectivity index (χ2n) is 6.36. The van der Waals surface area contributed by atoms with Gasteiger partial charge in [0.05, 0.1) is 13.2 Å². The molecule has 2 aromatic carbocycles. The smallest absolute Gasteiger partial charge is 0.273 e. The van der Waals surface area contributed by atoms with Gasteiger partial charge in [0, 0.05) is 5.56 Å². The lowest BCUT2D eigenvalue weighted by Crippen LogP contribution is -2.42. The molecule has 1 N–H and O–H groups in total. The molecule has 7 nitrogen and oxygen atoms in total. The Hall–Kier alpha value is -3.48. The Labute approximate surface area is 162 Å². The SMILES string of the molecule is COc1cccc2c1OC[C@H](NC(=O)c1coc(COc3ccccc3)n1)C2. The average molecular weight is 380 g/mol. The molecule has 0 saturated carbocycles. The summed E-state index contributed by atoms with van der Waals surface area (Å²) in [6.07, 6.45) is 1.99. The third-order valence-electron chi connectivity index (χ3n) is 4.40. The maximum absolute atomic E-state index is 12.5. The molecule has 0 aliphatic carbocycles. The predicted molar refractivity (Wildman–Crippen MR) is 101 cm³/mol. The van der Waals surface area contributed by atoms with Crippen LogP contribution in [-0.4, -0.2) is 30.6 Å². The number of aromatic nitrogens is 1. The zero-order chi connectivity index (χ0) is 19.3. The number of fused-ring (bicyclic) bond motifs is 1. The molecule has 0 fully saturated rings. The molecule has 2 heterocycles. The lowest BCUT2D eigenvalue weighted by atomic mass is 10.0. The van der Waals surface area contributed by atoms with Crippen LogP contribution >= 0.6 is 0 Å². The summed E-state index contributed by atoms with van der Waals surface area (Å²) in [4.78, 5) is 16.7. The van der Waals surface area contributed by atoms with Gasteiger partial charge < -0.3 is 23.9 Å². The number of methoxy groups -OCH3 is 1. The molecular weight excluding hydrogens is 360 g/mol. The summed E-state index contributed by atoms with van der Waals surface area (Å²) >= 11 is 0. The minimum Gasteiger partial charge on any atom is -0.493 e. The summed E-state index contributed by atoms with van der Waals surface area (Å²) in [6.45, 7) is 0.512. The number of hydrogen-bond acceptors (Lipinski definition) is 6. The van der Waals surface area contributed by atoms with Gasteiger partial charge in [-0.3, -0.25) is 4.79 Å². The predicted octanol–water partition coefficient (Wildman–Crippen LogP) is 3.00. The highest BCUT2D eigenvalue weighted by molar-refractivity contribution is 5.92. The van der Waals surface area contributed by atoms with Crippen molar-refractivity contribution in [2.45, 2.75) is 19.1 Å². The number of para-hydroxylation sites is 2. The van der Waals surface area contributed by atoms with Crippen LogP contribution < -0.4 is 19.5 Å². The molecule has 3 aromatic rings. The number of nitrogens with zero attached hydrogens (tertiary/aromatic N) is 1. The number of carbonyl (C=O) groups excluding carboxylic acids is 1. The van der Waals surface area contributed by atoms with Crippen LogP contribution in [0.5, 0.6) is 17.2 Å². The largest absolute Gasteiger partial charge is 0.493 e. The highest BCUT2D eigenvalue weighted by Gasteiger charge is 2.25. The lowest BCUT2D eigenvalue weighted by molar-refractivity contribution is 0.0909. The van der Waals surface area contributed by atoms with Gasteiger partial charge >= 0.3 is 0 Å². The second-order valence-corrected chi connectivity index (χ2v) is 6.36. The molecule has 144 valence electrons. The minimum atomic E-state index is -0.311. The molecule has 0 saturated heterocycles. The van der Waals surface area contributed by atoms with E-state index in [9.17, 15) is 4.79 Å². The molecule has 1 aliphatic rings. The summed E-state index contributed by atoms with van der Waals surface area (Å²) < 4.78 is 22.0. The van der Waals surface area contributed by atoms with E-state index in [0.717, 1.165) is 11.3 Å². The van der Waals surface area contributed by atoms with Crippen molar-refractivity contribution in [3.05, 3.63) is 71.9 Å². The summed E-state index contributed by atoms with van der Waals surface area (Å²) in [5.74, 6) is 2.16. The standard InChI is InChI=1S/C21H20N2O5/c1-25-18-9-5-6-14-10-15(11-28-20(14)18)22-21(24)17-12-27-19(23-17)13-26-16-7-3-2-4-8-16/h2-9,12,15H,10-11,13H2,1H3,(H,22,24)/t15-/m1/s1. The summed E-state index contributed by atoms with van der Waals surface area (Å²) in [5, 5.41) is 2.93. The van der Waals surface area contributed by atoms with E-state index in [0.29, 0.717) is 30.4 Å². The number of oxazole rings is 1. The van der Waals surface area contributed by atoms with Gasteiger partial charge in [-0.15, -0.1) is 0 Å². The van der Waals surface area contributed by atoms with Crippen LogP contribution in [0.15, 0.2) is 59.2 Å². The lowest BCUT2D eigenvalue weighted by Gasteiger charge is -2.26. The minimum absolute atomic E-state index is 0.150. The van der Waals surface area contributed by atoms with E-state index in [1.54, 1.807) is 7.11 Å². The monoisotopic (exact) mass is 380 g/mol. The number of carbonyl (C=O) groups is 1. The number of nitrogens with one attached hydrogen (secondary N) is 1. The highest BCUT2D eigenvalue weighted by atomic mass is 16.5. The van der Waals surface area contributed by atoms with Gasteiger partial charge in [-0.05, 0) is 24.6 Å². The first-order chi connectivity index (χ1) is 13.7. The second kappa shape index (κ2) is 8.04. The van der Waals surface area contributed by atoms with Gasteiger partial charge in [0.2, 0.25) is 5.89 Å². The molecule has 1 aliphatic heterocycles. The van der Waals surface area contributed by atoms with Gasteiger partial charge in [-0.2, -0.15) is 0 Å². The molecule has 0 spiro atoms. The molecule has 0 bridgehead atoms. The maximum atomic E-state index is 12.5. The molecule has 1 aromatic heterocycles. The van der Waals surface area contributed by atoms with Gasteiger partial charge in [0.1, 0.15) is 18.6 Å². The quantitative estimate of drug-likeness (QED) is 0.708. The van der Waals surface area contributed by atoms with Crippen LogP contribution in [0.4, 0.5) is 0 Å². The van der Waals surface area contributed by atoms with Crippen molar-refractivity contribution < 1.29 is 23.4 Å². The van der Waals surface area contributed by atoms with Crippen molar-refractivity contribution >= 4 is 5.91 Å².